The van der Waals surface area contributed by atoms with Crippen molar-refractivity contribution in [3.8, 4) is 0 Å². The van der Waals surface area contributed by atoms with Crippen molar-refractivity contribution in [3.63, 3.8) is 0 Å². The second kappa shape index (κ2) is 16.0. The van der Waals surface area contributed by atoms with E-state index in [0.29, 0.717) is 16.7 Å². The van der Waals surface area contributed by atoms with Gasteiger partial charge in [-0.25, -0.2) is 14.4 Å². The number of nitrogens with one attached hydrogen (secondary N) is 3. The second-order valence-corrected chi connectivity index (χ2v) is 14.1. The van der Waals surface area contributed by atoms with Gasteiger partial charge < -0.3 is 30.2 Å². The molecule has 1 aliphatic rings. The molecule has 0 radical (unpaired) electrons. The van der Waals surface area contributed by atoms with Gasteiger partial charge in [0.05, 0.1) is 0 Å². The van der Waals surface area contributed by atoms with E-state index in [1.165, 1.54) is 41.5 Å². The summed E-state index contributed by atoms with van der Waals surface area (Å²) >= 11 is 0. The van der Waals surface area contributed by atoms with Gasteiger partial charge in [-0.1, -0.05) is 91.0 Å². The van der Waals surface area contributed by atoms with Crippen molar-refractivity contribution in [2.45, 2.75) is 95.7 Å². The van der Waals surface area contributed by atoms with Crippen molar-refractivity contribution < 1.29 is 43.0 Å². The Bertz CT molecular complexity index is 1520. The van der Waals surface area contributed by atoms with E-state index in [4.69, 9.17) is 14.2 Å². The molecule has 3 atom stereocenters. The van der Waals surface area contributed by atoms with E-state index in [-0.39, 0.29) is 19.3 Å². The minimum absolute atomic E-state index is 0.0596. The highest BCUT2D eigenvalue weighted by Crippen LogP contribution is 2.19. The molecule has 12 nitrogen and oxygen atoms in total. The summed E-state index contributed by atoms with van der Waals surface area (Å²) in [6, 6.07) is 26.4. The lowest BCUT2D eigenvalue weighted by Crippen LogP contribution is -2.60. The Morgan fingerprint density at radius 1 is 0.412 bits per heavy atom. The summed E-state index contributed by atoms with van der Waals surface area (Å²) < 4.78 is 17.2. The Morgan fingerprint density at radius 2 is 0.627 bits per heavy atom. The van der Waals surface area contributed by atoms with Gasteiger partial charge in [-0.2, -0.15) is 0 Å². The maximum Gasteiger partial charge on any atom is 0.332 e. The second-order valence-electron chi connectivity index (χ2n) is 14.1. The van der Waals surface area contributed by atoms with E-state index >= 15 is 0 Å². The Kier molecular flexibility index (Phi) is 12.0. The summed E-state index contributed by atoms with van der Waals surface area (Å²) in [5.74, 6) is -5.27. The highest BCUT2D eigenvalue weighted by atomic mass is 16.6. The van der Waals surface area contributed by atoms with Crippen LogP contribution in [0.1, 0.15) is 58.2 Å². The van der Waals surface area contributed by atoms with E-state index in [1.807, 2.05) is 0 Å². The molecular weight excluding hydrogens is 654 g/mol. The average Bonchev–Trinajstić information content (AvgIpc) is 3.07. The summed E-state index contributed by atoms with van der Waals surface area (Å²) in [6.45, 7) is 8.35. The van der Waals surface area contributed by atoms with E-state index < -0.39 is 70.6 Å². The molecule has 0 aromatic heterocycles. The topological polar surface area (TPSA) is 166 Å². The van der Waals surface area contributed by atoms with Gasteiger partial charge in [0.2, 0.25) is 0 Å². The molecule has 0 unspecified atom stereocenters. The molecule has 1 heterocycles. The van der Waals surface area contributed by atoms with Crippen LogP contribution in [0, 0.1) is 0 Å². The minimum Gasteiger partial charge on any atom is -0.450 e. The molecule has 0 bridgehead atoms. The Hall–Kier alpha value is -5.52. The zero-order valence-electron chi connectivity index (χ0n) is 29.7. The zero-order valence-corrected chi connectivity index (χ0v) is 29.7. The van der Waals surface area contributed by atoms with E-state index in [2.05, 4.69) is 16.0 Å². The average molecular weight is 700 g/mol. The fourth-order valence-electron chi connectivity index (χ4n) is 5.20. The summed E-state index contributed by atoms with van der Waals surface area (Å²) in [6.07, 6.45) is -4.50. The molecule has 3 N–H and O–H groups in total. The zero-order chi connectivity index (χ0) is 37.4. The number of amides is 3. The van der Waals surface area contributed by atoms with Crippen LogP contribution in [0.4, 0.5) is 0 Å². The number of ether oxygens (including phenoxy) is 3. The first-order valence-electron chi connectivity index (χ1n) is 16.7. The minimum atomic E-state index is -1.71. The van der Waals surface area contributed by atoms with Gasteiger partial charge in [0.25, 0.3) is 17.7 Å². The Labute approximate surface area is 297 Å². The molecular formula is C39H45N3O9. The first-order valence-corrected chi connectivity index (χ1v) is 16.7. The van der Waals surface area contributed by atoms with Crippen LogP contribution in [0.2, 0.25) is 0 Å². The standard InChI is InChI=1S/C39H45N3O9/c1-37(2)34(46)49-29(23-26-18-12-8-13-19-26)32(44)41-39(5,6)36(48)51-30(24-27-20-14-9-15-21-27)33(45)42-38(3,4)35(47)50-28(31(43)40-37)22-25-16-10-7-11-17-25/h7-21,28-30H,22-24H2,1-6H3,(H,40,43)(H,41,44)(H,42,45)/t28-,29-,30+/m0/s1. The lowest BCUT2D eigenvalue weighted by Gasteiger charge is -2.33. The molecule has 1 fully saturated rings. The molecule has 1 aliphatic heterocycles. The number of cyclic esters (lactones) is 3. The molecule has 12 heteroatoms. The Morgan fingerprint density at radius 3 is 0.843 bits per heavy atom. The van der Waals surface area contributed by atoms with Crippen LogP contribution in [-0.4, -0.2) is 70.6 Å². The number of carbonyl (C=O) groups excluding carboxylic acids is 6. The fraction of sp³-hybridized carbons (Fsp3) is 0.385. The highest BCUT2D eigenvalue weighted by Gasteiger charge is 2.43. The third kappa shape index (κ3) is 10.5. The van der Waals surface area contributed by atoms with E-state index in [0.717, 1.165) is 0 Å². The predicted molar refractivity (Wildman–Crippen MR) is 187 cm³/mol. The maximum absolute atomic E-state index is 13.8. The lowest BCUT2D eigenvalue weighted by atomic mass is 10.00. The molecule has 0 spiro atoms. The van der Waals surface area contributed by atoms with Crippen LogP contribution in [-0.2, 0) is 62.2 Å². The predicted octanol–water partition coefficient (Wildman–Crippen LogP) is 3.15. The number of esters is 3. The number of carbonyl (C=O) groups is 6. The smallest absolute Gasteiger partial charge is 0.332 e. The molecule has 0 aliphatic carbocycles. The van der Waals surface area contributed by atoms with Gasteiger partial charge in [-0.15, -0.1) is 0 Å². The van der Waals surface area contributed by atoms with Crippen molar-refractivity contribution in [1.82, 2.24) is 16.0 Å². The fourth-order valence-corrected chi connectivity index (χ4v) is 5.20. The van der Waals surface area contributed by atoms with Gasteiger partial charge in [0.1, 0.15) is 16.6 Å². The summed E-state index contributed by atoms with van der Waals surface area (Å²) in [5, 5.41) is 7.83. The Balaban J connectivity index is 1.74. The maximum atomic E-state index is 13.8. The summed E-state index contributed by atoms with van der Waals surface area (Å²) in [4.78, 5) is 82.4. The third-order valence-electron chi connectivity index (χ3n) is 8.25. The van der Waals surface area contributed by atoms with Crippen LogP contribution in [0.15, 0.2) is 91.0 Å². The molecule has 0 saturated carbocycles. The molecule has 270 valence electrons. The number of rotatable bonds is 6. The molecule has 1 saturated heterocycles. The van der Waals surface area contributed by atoms with Crippen molar-refractivity contribution in [1.29, 1.82) is 0 Å². The molecule has 3 amide bonds. The van der Waals surface area contributed by atoms with Crippen molar-refractivity contribution in [2.75, 3.05) is 0 Å². The molecule has 51 heavy (non-hydrogen) atoms. The summed E-state index contributed by atoms with van der Waals surface area (Å²) in [7, 11) is 0. The van der Waals surface area contributed by atoms with Gasteiger partial charge in [-0.05, 0) is 58.2 Å². The van der Waals surface area contributed by atoms with Gasteiger partial charge in [0.15, 0.2) is 18.3 Å². The summed E-state index contributed by atoms with van der Waals surface area (Å²) in [5.41, 5.74) is -3.14. The normalized spacial score (nSPS) is 22.8. The number of hydrogen-bond acceptors (Lipinski definition) is 9. The van der Waals surface area contributed by atoms with Crippen molar-refractivity contribution >= 4 is 35.6 Å². The SMILES string of the molecule is CC1(C)NC(=O)[C@H](Cc2ccccc2)OC(=O)C(C)(C)NC(=O)[C@@H](Cc2ccccc2)OC(=O)C(C)(C)NC(=O)[C@H](Cc2ccccc2)OC1=O. The van der Waals surface area contributed by atoms with Crippen LogP contribution >= 0.6 is 0 Å². The first-order chi connectivity index (χ1) is 24.0. The largest absolute Gasteiger partial charge is 0.450 e. The van der Waals surface area contributed by atoms with Crippen molar-refractivity contribution in [3.05, 3.63) is 108 Å². The molecule has 3 aromatic rings. The quantitative estimate of drug-likeness (QED) is 0.259. The molecule has 4 rings (SSSR count). The monoisotopic (exact) mass is 699 g/mol. The van der Waals surface area contributed by atoms with Crippen LogP contribution in [0.3, 0.4) is 0 Å². The number of benzene rings is 3. The highest BCUT2D eigenvalue weighted by molar-refractivity contribution is 5.96. The van der Waals surface area contributed by atoms with Crippen LogP contribution < -0.4 is 16.0 Å². The van der Waals surface area contributed by atoms with Crippen LogP contribution in [0.5, 0.6) is 0 Å². The lowest BCUT2D eigenvalue weighted by molar-refractivity contribution is -0.170. The third-order valence-corrected chi connectivity index (χ3v) is 8.25. The van der Waals surface area contributed by atoms with Crippen LogP contribution in [0.25, 0.3) is 0 Å². The van der Waals surface area contributed by atoms with Gasteiger partial charge in [0, 0.05) is 19.3 Å². The first kappa shape index (κ1) is 38.3. The van der Waals surface area contributed by atoms with E-state index in [9.17, 15) is 28.8 Å². The molecule has 3 aromatic carbocycles. The van der Waals surface area contributed by atoms with Gasteiger partial charge >= 0.3 is 17.9 Å². The van der Waals surface area contributed by atoms with Gasteiger partial charge in [-0.3, -0.25) is 14.4 Å². The number of hydrogen-bond donors (Lipinski definition) is 3. The van der Waals surface area contributed by atoms with Crippen molar-refractivity contribution in [2.24, 2.45) is 0 Å². The van der Waals surface area contributed by atoms with E-state index in [1.54, 1.807) is 91.0 Å².